The highest BCUT2D eigenvalue weighted by Gasteiger charge is 2.16. The van der Waals surface area contributed by atoms with Gasteiger partial charge in [-0.05, 0) is 12.8 Å². The van der Waals surface area contributed by atoms with Crippen molar-refractivity contribution in [2.24, 2.45) is 11.0 Å². The van der Waals surface area contributed by atoms with Crippen LogP contribution in [0.15, 0.2) is 16.3 Å². The molecule has 7 heteroatoms. The summed E-state index contributed by atoms with van der Waals surface area (Å²) in [5.74, 6) is 1.39. The third-order valence-corrected chi connectivity index (χ3v) is 3.78. The summed E-state index contributed by atoms with van der Waals surface area (Å²) in [5, 5.41) is 4.96. The summed E-state index contributed by atoms with van der Waals surface area (Å²) in [7, 11) is 3.14. The lowest BCUT2D eigenvalue weighted by molar-refractivity contribution is 0.364. The summed E-state index contributed by atoms with van der Waals surface area (Å²) >= 11 is 1.53. The molecule has 0 aliphatic carbocycles. The molecule has 1 N–H and O–H groups in total. The first-order valence-electron chi connectivity index (χ1n) is 6.50. The Labute approximate surface area is 124 Å². The van der Waals surface area contributed by atoms with Crippen molar-refractivity contribution in [3.05, 3.63) is 6.07 Å². The number of thioether (sulfide) groups is 1. The summed E-state index contributed by atoms with van der Waals surface area (Å²) < 4.78 is 10.3. The van der Waals surface area contributed by atoms with Gasteiger partial charge in [0, 0.05) is 12.8 Å². The van der Waals surface area contributed by atoms with E-state index in [1.807, 2.05) is 13.1 Å². The standard InChI is InChI=1S/C13H22N4O2S/c1-6-14-15-8-10(9(2)3)20-13-16-11(18-4)7-12(17-13)19-5/h7-10,14H,6H2,1-5H3. The van der Waals surface area contributed by atoms with Gasteiger partial charge in [-0.3, -0.25) is 0 Å². The van der Waals surface area contributed by atoms with Crippen LogP contribution in [0.3, 0.4) is 0 Å². The molecule has 6 nitrogen and oxygen atoms in total. The molecule has 0 saturated heterocycles. The minimum Gasteiger partial charge on any atom is -0.481 e. The van der Waals surface area contributed by atoms with E-state index >= 15 is 0 Å². The van der Waals surface area contributed by atoms with Crippen molar-refractivity contribution in [1.82, 2.24) is 15.4 Å². The van der Waals surface area contributed by atoms with Crippen molar-refractivity contribution in [1.29, 1.82) is 0 Å². The van der Waals surface area contributed by atoms with Gasteiger partial charge >= 0.3 is 0 Å². The van der Waals surface area contributed by atoms with Crippen molar-refractivity contribution in [2.45, 2.75) is 31.2 Å². The van der Waals surface area contributed by atoms with Gasteiger partial charge in [0.1, 0.15) is 0 Å². The van der Waals surface area contributed by atoms with E-state index in [1.54, 1.807) is 20.3 Å². The maximum atomic E-state index is 5.15. The van der Waals surface area contributed by atoms with Crippen molar-refractivity contribution in [3.63, 3.8) is 0 Å². The van der Waals surface area contributed by atoms with Gasteiger partial charge < -0.3 is 14.9 Å². The average molecular weight is 298 g/mol. The lowest BCUT2D eigenvalue weighted by atomic mass is 10.1. The molecule has 1 aromatic heterocycles. The lowest BCUT2D eigenvalue weighted by Gasteiger charge is -2.15. The second kappa shape index (κ2) is 8.63. The molecular weight excluding hydrogens is 276 g/mol. The van der Waals surface area contributed by atoms with E-state index in [1.165, 1.54) is 11.8 Å². The van der Waals surface area contributed by atoms with Gasteiger partial charge in [-0.1, -0.05) is 25.6 Å². The van der Waals surface area contributed by atoms with E-state index in [2.05, 4.69) is 34.3 Å². The fourth-order valence-electron chi connectivity index (χ4n) is 1.32. The van der Waals surface area contributed by atoms with Gasteiger partial charge in [-0.25, -0.2) is 0 Å². The maximum Gasteiger partial charge on any atom is 0.220 e. The van der Waals surface area contributed by atoms with Crippen LogP contribution in [0.2, 0.25) is 0 Å². The number of nitrogens with zero attached hydrogens (tertiary/aromatic N) is 3. The Morgan fingerprint density at radius 3 is 2.35 bits per heavy atom. The van der Waals surface area contributed by atoms with Gasteiger partial charge in [0.25, 0.3) is 0 Å². The molecule has 0 fully saturated rings. The molecule has 0 saturated carbocycles. The number of ether oxygens (including phenoxy) is 2. The molecule has 0 bridgehead atoms. The number of hydrazone groups is 1. The van der Waals surface area contributed by atoms with E-state index in [-0.39, 0.29) is 5.25 Å². The predicted molar refractivity (Wildman–Crippen MR) is 81.8 cm³/mol. The van der Waals surface area contributed by atoms with Crippen molar-refractivity contribution in [2.75, 3.05) is 20.8 Å². The average Bonchev–Trinajstić information content (AvgIpc) is 2.45. The third kappa shape index (κ3) is 5.24. The first kappa shape index (κ1) is 16.6. The monoisotopic (exact) mass is 298 g/mol. The van der Waals surface area contributed by atoms with E-state index in [4.69, 9.17) is 9.47 Å². The maximum absolute atomic E-state index is 5.15. The molecule has 112 valence electrons. The molecule has 1 atom stereocenters. The Bertz CT molecular complexity index is 418. The van der Waals surface area contributed by atoms with Crippen LogP contribution in [0.1, 0.15) is 20.8 Å². The minimum atomic E-state index is 0.172. The zero-order valence-corrected chi connectivity index (χ0v) is 13.4. The highest BCUT2D eigenvalue weighted by molar-refractivity contribution is 8.00. The topological polar surface area (TPSA) is 68.6 Å². The van der Waals surface area contributed by atoms with Crippen LogP contribution in [-0.4, -0.2) is 42.2 Å². The van der Waals surface area contributed by atoms with Crippen LogP contribution in [-0.2, 0) is 0 Å². The van der Waals surface area contributed by atoms with Gasteiger partial charge in [-0.15, -0.1) is 0 Å². The number of rotatable bonds is 8. The number of aromatic nitrogens is 2. The molecule has 0 spiro atoms. The van der Waals surface area contributed by atoms with Crippen LogP contribution >= 0.6 is 11.8 Å². The Morgan fingerprint density at radius 2 is 1.90 bits per heavy atom. The highest BCUT2D eigenvalue weighted by Crippen LogP contribution is 2.27. The normalized spacial score (nSPS) is 12.7. The molecule has 0 aliphatic heterocycles. The molecule has 1 heterocycles. The first-order chi connectivity index (χ1) is 9.60. The van der Waals surface area contributed by atoms with E-state index in [0.29, 0.717) is 22.8 Å². The molecule has 0 radical (unpaired) electrons. The minimum absolute atomic E-state index is 0.172. The second-order valence-corrected chi connectivity index (χ2v) is 5.50. The Hall–Kier alpha value is -1.50. The van der Waals surface area contributed by atoms with Gasteiger partial charge in [0.05, 0.1) is 25.5 Å². The van der Waals surface area contributed by atoms with Crippen LogP contribution < -0.4 is 14.9 Å². The smallest absolute Gasteiger partial charge is 0.220 e. The molecule has 1 rings (SSSR count). The Balaban J connectivity index is 2.87. The molecule has 0 aromatic carbocycles. The van der Waals surface area contributed by atoms with E-state index in [0.717, 1.165) is 6.54 Å². The zero-order chi connectivity index (χ0) is 15.0. The highest BCUT2D eigenvalue weighted by atomic mass is 32.2. The lowest BCUT2D eigenvalue weighted by Crippen LogP contribution is -2.16. The molecule has 20 heavy (non-hydrogen) atoms. The van der Waals surface area contributed by atoms with Gasteiger partial charge in [0.2, 0.25) is 11.8 Å². The molecular formula is C13H22N4O2S. The molecule has 1 unspecified atom stereocenters. The largest absolute Gasteiger partial charge is 0.481 e. The number of nitrogens with one attached hydrogen (secondary N) is 1. The van der Waals surface area contributed by atoms with Crippen LogP contribution in [0.25, 0.3) is 0 Å². The summed E-state index contributed by atoms with van der Waals surface area (Å²) in [4.78, 5) is 8.64. The van der Waals surface area contributed by atoms with Crippen molar-refractivity contribution in [3.8, 4) is 11.8 Å². The molecule has 0 amide bonds. The van der Waals surface area contributed by atoms with Crippen LogP contribution in [0.5, 0.6) is 11.8 Å². The first-order valence-corrected chi connectivity index (χ1v) is 7.38. The molecule has 0 aliphatic rings. The number of hydrogen-bond donors (Lipinski definition) is 1. The summed E-state index contributed by atoms with van der Waals surface area (Å²) in [6.45, 7) is 7.07. The van der Waals surface area contributed by atoms with Crippen molar-refractivity contribution >= 4 is 18.0 Å². The summed E-state index contributed by atoms with van der Waals surface area (Å²) in [5.41, 5.74) is 2.93. The number of methoxy groups -OCH3 is 2. The van der Waals surface area contributed by atoms with Gasteiger partial charge in [-0.2, -0.15) is 15.1 Å². The third-order valence-electron chi connectivity index (χ3n) is 2.45. The molecule has 1 aromatic rings. The quantitative estimate of drug-likeness (QED) is 0.343. The Kier molecular flexibility index (Phi) is 7.14. The van der Waals surface area contributed by atoms with Crippen LogP contribution in [0, 0.1) is 5.92 Å². The summed E-state index contributed by atoms with van der Waals surface area (Å²) in [6.07, 6.45) is 1.88. The van der Waals surface area contributed by atoms with E-state index < -0.39 is 0 Å². The van der Waals surface area contributed by atoms with E-state index in [9.17, 15) is 0 Å². The predicted octanol–water partition coefficient (Wildman–Crippen LogP) is 2.21. The fourth-order valence-corrected chi connectivity index (χ4v) is 2.25. The van der Waals surface area contributed by atoms with Gasteiger partial charge in [0.15, 0.2) is 5.16 Å². The van der Waals surface area contributed by atoms with Crippen LogP contribution in [0.4, 0.5) is 0 Å². The SMILES string of the molecule is CCNN=CC(Sc1nc(OC)cc(OC)n1)C(C)C. The number of hydrogen-bond acceptors (Lipinski definition) is 7. The van der Waals surface area contributed by atoms with Crippen molar-refractivity contribution < 1.29 is 9.47 Å². The fraction of sp³-hybridized carbons (Fsp3) is 0.615. The Morgan fingerprint density at radius 1 is 1.30 bits per heavy atom. The second-order valence-electron chi connectivity index (χ2n) is 4.35. The summed E-state index contributed by atoms with van der Waals surface area (Å²) in [6, 6.07) is 1.65. The zero-order valence-electron chi connectivity index (χ0n) is 12.6.